The topological polar surface area (TPSA) is 83.0 Å². The van der Waals surface area contributed by atoms with Crippen LogP contribution >= 0.6 is 0 Å². The summed E-state index contributed by atoms with van der Waals surface area (Å²) in [5, 5.41) is 20.8. The number of amides is 1. The molecule has 0 radical (unpaired) electrons. The number of hydrogen-bond acceptors (Lipinski definition) is 5. The van der Waals surface area contributed by atoms with Gasteiger partial charge in [-0.1, -0.05) is 37.6 Å². The molecule has 5 aliphatic rings. The molecule has 9 atom stereocenters. The number of fused-ring (bicyclic) bond motifs is 5. The Bertz CT molecular complexity index is 856. The average Bonchev–Trinajstić information content (AvgIpc) is 3.39. The number of carbonyl (C=O) groups is 1. The zero-order valence-electron chi connectivity index (χ0n) is 21.6. The van der Waals surface area contributed by atoms with Crippen molar-refractivity contribution in [1.82, 2.24) is 10.6 Å². The van der Waals surface area contributed by atoms with Crippen LogP contribution in [0.15, 0.2) is 16.8 Å². The highest BCUT2D eigenvalue weighted by Gasteiger charge is 2.59. The first-order chi connectivity index (χ1) is 16.2. The van der Waals surface area contributed by atoms with Gasteiger partial charge in [-0.05, 0) is 106 Å². The number of aliphatic hydroxyl groups is 1. The highest BCUT2D eigenvalue weighted by Crippen LogP contribution is 2.66. The summed E-state index contributed by atoms with van der Waals surface area (Å²) in [7, 11) is 0. The first kappa shape index (κ1) is 24.3. The van der Waals surface area contributed by atoms with Crippen molar-refractivity contribution in [2.24, 2.45) is 45.6 Å². The number of carbonyl (C=O) groups excluding carboxylic acids is 1. The number of allylic oxidation sites excluding steroid dienone is 1. The lowest BCUT2D eigenvalue weighted by Crippen LogP contribution is -2.51. The van der Waals surface area contributed by atoms with Crippen molar-refractivity contribution in [3.05, 3.63) is 11.6 Å². The number of aliphatic hydroxyl groups excluding tert-OH is 1. The van der Waals surface area contributed by atoms with Gasteiger partial charge in [0.2, 0.25) is 0 Å². The molecule has 0 aromatic rings. The predicted molar refractivity (Wildman–Crippen MR) is 134 cm³/mol. The Kier molecular flexibility index (Phi) is 6.60. The first-order valence-electron chi connectivity index (χ1n) is 13.8. The highest BCUT2D eigenvalue weighted by atomic mass is 16.7. The van der Waals surface area contributed by atoms with E-state index in [1.165, 1.54) is 31.3 Å². The van der Waals surface area contributed by atoms with E-state index >= 15 is 0 Å². The molecule has 5 rings (SSSR count). The third-order valence-corrected chi connectivity index (χ3v) is 10.8. The minimum atomic E-state index is -0.442. The van der Waals surface area contributed by atoms with E-state index in [1.807, 2.05) is 0 Å². The molecular formula is C28H45N3O3. The van der Waals surface area contributed by atoms with Crippen molar-refractivity contribution < 1.29 is 14.7 Å². The first-order valence-corrected chi connectivity index (χ1v) is 13.8. The van der Waals surface area contributed by atoms with Gasteiger partial charge in [0, 0.05) is 18.5 Å². The van der Waals surface area contributed by atoms with Crippen LogP contribution in [0, 0.1) is 40.4 Å². The third kappa shape index (κ3) is 4.23. The fourth-order valence-corrected chi connectivity index (χ4v) is 8.99. The van der Waals surface area contributed by atoms with Gasteiger partial charge in [-0.25, -0.2) is 4.79 Å². The number of nitrogens with zero attached hydrogens (tertiary/aromatic N) is 1. The summed E-state index contributed by atoms with van der Waals surface area (Å²) in [6.07, 6.45) is 11.9. The van der Waals surface area contributed by atoms with Crippen LogP contribution < -0.4 is 10.6 Å². The van der Waals surface area contributed by atoms with Crippen LogP contribution in [0.4, 0.5) is 4.79 Å². The predicted octanol–water partition coefficient (Wildman–Crippen LogP) is 5.03. The van der Waals surface area contributed by atoms with Crippen molar-refractivity contribution in [2.45, 2.75) is 97.6 Å². The Morgan fingerprint density at radius 3 is 2.79 bits per heavy atom. The summed E-state index contributed by atoms with van der Waals surface area (Å²) in [5.74, 6) is 3.27. The van der Waals surface area contributed by atoms with Gasteiger partial charge in [0.25, 0.3) is 0 Å². The van der Waals surface area contributed by atoms with Gasteiger partial charge in [-0.2, -0.15) is 0 Å². The molecular weight excluding hydrogens is 426 g/mol. The highest BCUT2D eigenvalue weighted by molar-refractivity contribution is 5.85. The molecule has 4 aliphatic carbocycles. The molecule has 34 heavy (non-hydrogen) atoms. The second kappa shape index (κ2) is 9.24. The molecule has 0 aromatic heterocycles. The molecule has 2 unspecified atom stereocenters. The lowest BCUT2D eigenvalue weighted by molar-refractivity contribution is -0.0479. The Morgan fingerprint density at radius 2 is 2.03 bits per heavy atom. The number of hydrogen-bond donors (Lipinski definition) is 3. The van der Waals surface area contributed by atoms with E-state index in [0.717, 1.165) is 62.1 Å². The van der Waals surface area contributed by atoms with E-state index in [1.54, 1.807) is 0 Å². The van der Waals surface area contributed by atoms with E-state index in [9.17, 15) is 9.90 Å². The van der Waals surface area contributed by atoms with E-state index < -0.39 is 6.09 Å². The van der Waals surface area contributed by atoms with Crippen molar-refractivity contribution in [3.63, 3.8) is 0 Å². The smallest absolute Gasteiger partial charge is 0.389 e. The van der Waals surface area contributed by atoms with Gasteiger partial charge in [0.15, 0.2) is 0 Å². The summed E-state index contributed by atoms with van der Waals surface area (Å²) >= 11 is 0. The average molecular weight is 472 g/mol. The van der Waals surface area contributed by atoms with Crippen molar-refractivity contribution in [1.29, 1.82) is 0 Å². The molecule has 1 saturated heterocycles. The molecule has 4 fully saturated rings. The molecule has 6 heteroatoms. The second-order valence-corrected chi connectivity index (χ2v) is 12.7. The zero-order valence-corrected chi connectivity index (χ0v) is 21.6. The maximum Gasteiger partial charge on any atom is 0.433 e. The van der Waals surface area contributed by atoms with Crippen LogP contribution in [0.5, 0.6) is 0 Å². The number of nitrogens with one attached hydrogen (secondary N) is 2. The minimum absolute atomic E-state index is 0.238. The lowest BCUT2D eigenvalue weighted by atomic mass is 9.46. The molecule has 6 nitrogen and oxygen atoms in total. The molecule has 0 spiro atoms. The van der Waals surface area contributed by atoms with Crippen LogP contribution in [0.2, 0.25) is 0 Å². The molecule has 190 valence electrons. The van der Waals surface area contributed by atoms with Gasteiger partial charge in [0.1, 0.15) is 0 Å². The van der Waals surface area contributed by atoms with Crippen LogP contribution in [0.3, 0.4) is 0 Å². The fourth-order valence-electron chi connectivity index (χ4n) is 8.99. The zero-order chi connectivity index (χ0) is 24.1. The molecule has 3 N–H and O–H groups in total. The van der Waals surface area contributed by atoms with Gasteiger partial charge >= 0.3 is 6.09 Å². The molecule has 0 bridgehead atoms. The number of rotatable bonds is 4. The van der Waals surface area contributed by atoms with Crippen LogP contribution in [0.25, 0.3) is 0 Å². The van der Waals surface area contributed by atoms with E-state index in [-0.39, 0.29) is 16.9 Å². The Morgan fingerprint density at radius 1 is 1.21 bits per heavy atom. The Labute approximate surface area is 205 Å². The molecule has 1 amide bonds. The van der Waals surface area contributed by atoms with Gasteiger partial charge in [-0.15, -0.1) is 0 Å². The van der Waals surface area contributed by atoms with Crippen LogP contribution in [-0.2, 0) is 4.84 Å². The molecule has 1 aliphatic heterocycles. The van der Waals surface area contributed by atoms with Gasteiger partial charge < -0.3 is 15.7 Å². The van der Waals surface area contributed by atoms with E-state index in [2.05, 4.69) is 49.6 Å². The standard InChI is InChI=1S/C28H45N3O3/c1-17-13-20(29-15-17)16-30-26(33)34-31-18(2)23-7-8-24-22-6-5-19-14-21(32)9-11-27(19,3)25(22)10-12-28(23,24)4/h14,17,20-25,29,32H,5-13,15-16H2,1-4H3,(H,30,33)/b31-18+/t17?,20?,21-,22+,23-,24+,25+,27+,28-/m1/s1. The summed E-state index contributed by atoms with van der Waals surface area (Å²) in [6, 6.07) is 0.331. The molecule has 1 heterocycles. The van der Waals surface area contributed by atoms with E-state index in [0.29, 0.717) is 24.4 Å². The van der Waals surface area contributed by atoms with Gasteiger partial charge in [0.05, 0.1) is 11.8 Å². The summed E-state index contributed by atoms with van der Waals surface area (Å²) in [4.78, 5) is 17.6. The largest absolute Gasteiger partial charge is 0.433 e. The van der Waals surface area contributed by atoms with Crippen LogP contribution in [0.1, 0.15) is 85.5 Å². The van der Waals surface area contributed by atoms with Gasteiger partial charge in [-0.3, -0.25) is 4.84 Å². The van der Waals surface area contributed by atoms with Crippen molar-refractivity contribution in [3.8, 4) is 0 Å². The second-order valence-electron chi connectivity index (χ2n) is 12.7. The number of oxime groups is 1. The lowest BCUT2D eigenvalue weighted by Gasteiger charge is -2.58. The maximum atomic E-state index is 12.3. The fraction of sp³-hybridized carbons (Fsp3) is 0.857. The Balaban J connectivity index is 1.22. The van der Waals surface area contributed by atoms with Crippen molar-refractivity contribution >= 4 is 11.8 Å². The summed E-state index contributed by atoms with van der Waals surface area (Å²) in [6.45, 7) is 10.9. The summed E-state index contributed by atoms with van der Waals surface area (Å²) < 4.78 is 0. The normalized spacial score (nSPS) is 46.2. The van der Waals surface area contributed by atoms with Crippen molar-refractivity contribution in [2.75, 3.05) is 13.1 Å². The monoisotopic (exact) mass is 471 g/mol. The minimum Gasteiger partial charge on any atom is -0.389 e. The third-order valence-electron chi connectivity index (χ3n) is 10.8. The van der Waals surface area contributed by atoms with E-state index in [4.69, 9.17) is 4.84 Å². The Hall–Kier alpha value is -1.40. The molecule has 0 aromatic carbocycles. The van der Waals surface area contributed by atoms with Crippen LogP contribution in [-0.4, -0.2) is 42.1 Å². The SMILES string of the molecule is C/C(=N\OC(=O)NCC1CC(C)CN1)[C@H]1CC[C@H]2[C@@H]3CCC4=C[C@H](O)CC[C@]4(C)[C@H]3CC[C@]12C. The maximum absolute atomic E-state index is 12.3. The summed E-state index contributed by atoms with van der Waals surface area (Å²) in [5.41, 5.74) is 3.03. The molecule has 3 saturated carbocycles. The quantitative estimate of drug-likeness (QED) is 0.232.